The average molecular weight is 477 g/mol. The maximum absolute atomic E-state index is 12.9. The van der Waals surface area contributed by atoms with Crippen LogP contribution < -0.4 is 4.90 Å². The summed E-state index contributed by atoms with van der Waals surface area (Å²) in [5.74, 6) is -2.07. The van der Waals surface area contributed by atoms with E-state index in [0.717, 1.165) is 10.4 Å². The van der Waals surface area contributed by atoms with Crippen molar-refractivity contribution in [3.8, 4) is 6.07 Å². The van der Waals surface area contributed by atoms with Gasteiger partial charge in [0.1, 0.15) is 0 Å². The van der Waals surface area contributed by atoms with E-state index in [4.69, 9.17) is 10.00 Å². The number of anilines is 1. The Morgan fingerprint density at radius 3 is 2.31 bits per heavy atom. The molecule has 4 aromatic rings. The molecule has 176 valence electrons. The molecule has 5 rings (SSSR count). The van der Waals surface area contributed by atoms with Crippen molar-refractivity contribution in [2.24, 2.45) is 0 Å². The van der Waals surface area contributed by atoms with E-state index in [1.165, 1.54) is 12.1 Å². The van der Waals surface area contributed by atoms with E-state index in [1.54, 1.807) is 48.7 Å². The number of ketones is 1. The molecule has 2 heterocycles. The van der Waals surface area contributed by atoms with Gasteiger partial charge < -0.3 is 9.30 Å². The van der Waals surface area contributed by atoms with Gasteiger partial charge in [0.15, 0.2) is 6.61 Å². The summed E-state index contributed by atoms with van der Waals surface area (Å²) in [5, 5.41) is 9.62. The molecule has 0 fully saturated rings. The lowest BCUT2D eigenvalue weighted by Crippen LogP contribution is -2.29. The summed E-state index contributed by atoms with van der Waals surface area (Å²) < 4.78 is 7.11. The molecule has 0 atom stereocenters. The molecule has 8 nitrogen and oxygen atoms in total. The first-order valence-electron chi connectivity index (χ1n) is 11.2. The number of rotatable bonds is 7. The number of benzene rings is 3. The van der Waals surface area contributed by atoms with E-state index in [-0.39, 0.29) is 17.0 Å². The molecular weight excluding hydrogens is 458 g/mol. The molecule has 0 aliphatic carbocycles. The van der Waals surface area contributed by atoms with Gasteiger partial charge in [-0.15, -0.1) is 0 Å². The van der Waals surface area contributed by atoms with Gasteiger partial charge in [0.2, 0.25) is 5.78 Å². The normalized spacial score (nSPS) is 12.5. The number of Topliss-reactive ketones (excluding diaryl/α,β-unsaturated/α-hetero) is 1. The Balaban J connectivity index is 1.32. The second kappa shape index (κ2) is 9.31. The molecule has 36 heavy (non-hydrogen) atoms. The van der Waals surface area contributed by atoms with Gasteiger partial charge in [0, 0.05) is 29.2 Å². The van der Waals surface area contributed by atoms with Crippen molar-refractivity contribution in [2.75, 3.05) is 11.5 Å². The number of nitrogens with zero attached hydrogens (tertiary/aromatic N) is 3. The number of amides is 2. The number of aromatic nitrogens is 1. The van der Waals surface area contributed by atoms with Crippen LogP contribution in [0.15, 0.2) is 79.0 Å². The molecule has 1 aliphatic rings. The lowest BCUT2D eigenvalue weighted by Gasteiger charge is -2.14. The number of para-hydroxylation sites is 1. The van der Waals surface area contributed by atoms with Gasteiger partial charge in [-0.2, -0.15) is 5.26 Å². The molecule has 0 spiro atoms. The second-order valence-electron chi connectivity index (χ2n) is 8.20. The number of carbonyl (C=O) groups excluding carboxylic acids is 4. The number of fused-ring (bicyclic) bond motifs is 2. The van der Waals surface area contributed by atoms with E-state index in [1.807, 2.05) is 22.8 Å². The van der Waals surface area contributed by atoms with E-state index >= 15 is 0 Å². The van der Waals surface area contributed by atoms with Gasteiger partial charge in [-0.3, -0.25) is 14.4 Å². The monoisotopic (exact) mass is 477 g/mol. The molecule has 0 bridgehead atoms. The summed E-state index contributed by atoms with van der Waals surface area (Å²) in [6.07, 6.45) is 1.96. The van der Waals surface area contributed by atoms with Gasteiger partial charge in [-0.05, 0) is 36.4 Å². The minimum absolute atomic E-state index is 0.105. The number of hydrogen-bond donors (Lipinski definition) is 0. The van der Waals surface area contributed by atoms with E-state index in [0.29, 0.717) is 35.0 Å². The minimum atomic E-state index is -0.755. The number of nitriles is 1. The fourth-order valence-corrected chi connectivity index (χ4v) is 4.31. The van der Waals surface area contributed by atoms with Crippen LogP contribution in [0.1, 0.15) is 47.9 Å². The quantitative estimate of drug-likeness (QED) is 0.222. The van der Waals surface area contributed by atoms with E-state index in [9.17, 15) is 19.2 Å². The molecule has 0 saturated heterocycles. The molecule has 0 saturated carbocycles. The molecule has 1 aliphatic heterocycles. The number of esters is 1. The first-order valence-corrected chi connectivity index (χ1v) is 11.2. The Labute approximate surface area is 205 Å². The Morgan fingerprint density at radius 2 is 1.58 bits per heavy atom. The summed E-state index contributed by atoms with van der Waals surface area (Å²) in [4.78, 5) is 52.2. The first kappa shape index (κ1) is 22.7. The number of hydrogen-bond acceptors (Lipinski definition) is 6. The summed E-state index contributed by atoms with van der Waals surface area (Å²) in [7, 11) is 0. The zero-order chi connectivity index (χ0) is 25.2. The lowest BCUT2D eigenvalue weighted by atomic mass is 10.1. The maximum atomic E-state index is 12.9. The highest BCUT2D eigenvalue weighted by molar-refractivity contribution is 6.34. The molecule has 0 unspecified atom stereocenters. The van der Waals surface area contributed by atoms with Gasteiger partial charge in [-0.25, -0.2) is 9.69 Å². The minimum Gasteiger partial charge on any atom is -0.454 e. The lowest BCUT2D eigenvalue weighted by molar-refractivity contribution is 0.0475. The Bertz CT molecular complexity index is 1560. The number of aryl methyl sites for hydroxylation is 1. The third-order valence-corrected chi connectivity index (χ3v) is 6.02. The number of carbonyl (C=O) groups is 4. The maximum Gasteiger partial charge on any atom is 0.338 e. The Kier molecular flexibility index (Phi) is 5.88. The zero-order valence-corrected chi connectivity index (χ0v) is 19.0. The Hall–Kier alpha value is -5.03. The van der Waals surface area contributed by atoms with Crippen molar-refractivity contribution in [2.45, 2.75) is 13.0 Å². The van der Waals surface area contributed by atoms with Crippen molar-refractivity contribution in [1.82, 2.24) is 4.57 Å². The van der Waals surface area contributed by atoms with Crippen LogP contribution in [0.25, 0.3) is 10.9 Å². The highest BCUT2D eigenvalue weighted by Gasteiger charge is 2.36. The summed E-state index contributed by atoms with van der Waals surface area (Å²) in [6.45, 7) is -0.0446. The van der Waals surface area contributed by atoms with E-state index < -0.39 is 24.4 Å². The Morgan fingerprint density at radius 1 is 0.889 bits per heavy atom. The van der Waals surface area contributed by atoms with Crippen LogP contribution in [0.4, 0.5) is 5.69 Å². The zero-order valence-electron chi connectivity index (χ0n) is 19.0. The standard InChI is InChI=1S/C28H19N3O5/c29-13-6-14-30-16-23(20-9-3-4-12-24(20)30)25(32)17-36-28(35)18-7-5-8-19(15-18)31-26(33)21-10-1-2-11-22(21)27(31)34/h1-5,7-12,15-16H,6,14,17H2. The second-order valence-corrected chi connectivity index (χ2v) is 8.20. The first-order chi connectivity index (χ1) is 17.5. The number of imide groups is 1. The van der Waals surface area contributed by atoms with Gasteiger partial charge in [0.05, 0.1) is 34.9 Å². The van der Waals surface area contributed by atoms with Crippen LogP contribution in [0.2, 0.25) is 0 Å². The van der Waals surface area contributed by atoms with E-state index in [2.05, 4.69) is 6.07 Å². The van der Waals surface area contributed by atoms with Crippen LogP contribution in [0.3, 0.4) is 0 Å². The topological polar surface area (TPSA) is 109 Å². The highest BCUT2D eigenvalue weighted by Crippen LogP contribution is 2.29. The highest BCUT2D eigenvalue weighted by atomic mass is 16.5. The average Bonchev–Trinajstić information content (AvgIpc) is 3.41. The van der Waals surface area contributed by atoms with Gasteiger partial charge >= 0.3 is 5.97 Å². The molecule has 8 heteroatoms. The largest absolute Gasteiger partial charge is 0.454 e. The fourth-order valence-electron chi connectivity index (χ4n) is 4.31. The third kappa shape index (κ3) is 3.93. The van der Waals surface area contributed by atoms with Crippen LogP contribution in [-0.2, 0) is 11.3 Å². The molecule has 0 N–H and O–H groups in total. The summed E-state index contributed by atoms with van der Waals surface area (Å²) in [5.41, 5.74) is 2.16. The van der Waals surface area contributed by atoms with Crippen molar-refractivity contribution in [3.05, 3.63) is 101 Å². The van der Waals surface area contributed by atoms with Gasteiger partial charge in [0.25, 0.3) is 11.8 Å². The fraction of sp³-hybridized carbons (Fsp3) is 0.107. The summed E-state index contributed by atoms with van der Waals surface area (Å²) >= 11 is 0. The van der Waals surface area contributed by atoms with Crippen LogP contribution >= 0.6 is 0 Å². The van der Waals surface area contributed by atoms with Crippen LogP contribution in [0, 0.1) is 11.3 Å². The molecule has 1 aromatic heterocycles. The third-order valence-electron chi connectivity index (χ3n) is 6.02. The number of ether oxygens (including phenoxy) is 1. The van der Waals surface area contributed by atoms with Crippen LogP contribution in [0.5, 0.6) is 0 Å². The van der Waals surface area contributed by atoms with Crippen molar-refractivity contribution in [3.63, 3.8) is 0 Å². The van der Waals surface area contributed by atoms with Crippen LogP contribution in [-0.4, -0.2) is 34.7 Å². The molecule has 0 radical (unpaired) electrons. The smallest absolute Gasteiger partial charge is 0.338 e. The SMILES string of the molecule is N#CCCn1cc(C(=O)COC(=O)c2cccc(N3C(=O)c4ccccc4C3=O)c2)c2ccccc21. The predicted molar refractivity (Wildman–Crippen MR) is 131 cm³/mol. The van der Waals surface area contributed by atoms with Gasteiger partial charge in [-0.1, -0.05) is 36.4 Å². The predicted octanol–water partition coefficient (Wildman–Crippen LogP) is 4.40. The summed E-state index contributed by atoms with van der Waals surface area (Å²) in [6, 6.07) is 21.9. The van der Waals surface area contributed by atoms with Crippen molar-refractivity contribution < 1.29 is 23.9 Å². The molecule has 2 amide bonds. The van der Waals surface area contributed by atoms with Crippen molar-refractivity contribution >= 4 is 40.2 Å². The van der Waals surface area contributed by atoms with Crippen molar-refractivity contribution in [1.29, 1.82) is 5.26 Å². The molecular formula is C28H19N3O5. The molecule has 3 aromatic carbocycles.